The van der Waals surface area contributed by atoms with Crippen LogP contribution in [0.3, 0.4) is 0 Å². The van der Waals surface area contributed by atoms with Crippen LogP contribution < -0.4 is 15.5 Å². The molecule has 1 aromatic carbocycles. The third kappa shape index (κ3) is 7.21. The van der Waals surface area contributed by atoms with E-state index in [1.807, 2.05) is 0 Å². The minimum absolute atomic E-state index is 0. The first-order valence-electron chi connectivity index (χ1n) is 10.0. The van der Waals surface area contributed by atoms with E-state index in [9.17, 15) is 8.78 Å². The molecule has 0 aliphatic carbocycles. The minimum Gasteiger partial charge on any atom is -0.379 e. The molecule has 2 aliphatic heterocycles. The molecule has 2 fully saturated rings. The molecule has 0 amide bonds. The SMILES string of the molecule is CN=C(NCCCOCC1CCCO1)NC1CCN(c2c(F)cccc2F)C1.I. The molecule has 2 atom stereocenters. The lowest BCUT2D eigenvalue weighted by molar-refractivity contribution is 0.0168. The number of hydrogen-bond donors (Lipinski definition) is 2. The zero-order valence-electron chi connectivity index (χ0n) is 16.8. The molecule has 0 spiro atoms. The molecule has 0 saturated carbocycles. The number of nitrogens with one attached hydrogen (secondary N) is 2. The highest BCUT2D eigenvalue weighted by Gasteiger charge is 2.27. The van der Waals surface area contributed by atoms with Gasteiger partial charge in [0.25, 0.3) is 0 Å². The zero-order valence-corrected chi connectivity index (χ0v) is 19.2. The van der Waals surface area contributed by atoms with Gasteiger partial charge in [-0.2, -0.15) is 0 Å². The van der Waals surface area contributed by atoms with Crippen LogP contribution in [0.25, 0.3) is 0 Å². The Bertz CT molecular complexity index is 639. The first-order valence-corrected chi connectivity index (χ1v) is 10.0. The first kappa shape index (κ1) is 24.1. The smallest absolute Gasteiger partial charge is 0.191 e. The lowest BCUT2D eigenvalue weighted by Crippen LogP contribution is -2.45. The van der Waals surface area contributed by atoms with Crippen LogP contribution in [0.5, 0.6) is 0 Å². The second-order valence-corrected chi connectivity index (χ2v) is 7.21. The van der Waals surface area contributed by atoms with Crippen molar-refractivity contribution < 1.29 is 18.3 Å². The Morgan fingerprint density at radius 2 is 2.10 bits per heavy atom. The summed E-state index contributed by atoms with van der Waals surface area (Å²) in [6.07, 6.45) is 4.12. The van der Waals surface area contributed by atoms with Gasteiger partial charge in [0.15, 0.2) is 5.96 Å². The summed E-state index contributed by atoms with van der Waals surface area (Å²) in [5.74, 6) is -0.350. The van der Waals surface area contributed by atoms with Crippen molar-refractivity contribution in [1.82, 2.24) is 10.6 Å². The maximum absolute atomic E-state index is 14.0. The second-order valence-electron chi connectivity index (χ2n) is 7.21. The molecule has 2 N–H and O–H groups in total. The zero-order chi connectivity index (χ0) is 19.8. The lowest BCUT2D eigenvalue weighted by atomic mass is 10.2. The van der Waals surface area contributed by atoms with Gasteiger partial charge in [0, 0.05) is 45.9 Å². The summed E-state index contributed by atoms with van der Waals surface area (Å²) in [6, 6.07) is 4.05. The highest BCUT2D eigenvalue weighted by molar-refractivity contribution is 14.0. The number of anilines is 1. The van der Waals surface area contributed by atoms with Crippen molar-refractivity contribution in [2.45, 2.75) is 37.8 Å². The molecule has 2 unspecified atom stereocenters. The molecular weight excluding hydrogens is 493 g/mol. The van der Waals surface area contributed by atoms with Crippen molar-refractivity contribution in [3.8, 4) is 0 Å². The molecule has 2 aliphatic rings. The molecule has 0 aromatic heterocycles. The molecule has 6 nitrogen and oxygen atoms in total. The van der Waals surface area contributed by atoms with E-state index in [1.54, 1.807) is 11.9 Å². The van der Waals surface area contributed by atoms with Gasteiger partial charge in [-0.3, -0.25) is 4.99 Å². The number of hydrogen-bond acceptors (Lipinski definition) is 4. The first-order chi connectivity index (χ1) is 13.7. The second kappa shape index (κ2) is 12.5. The third-order valence-corrected chi connectivity index (χ3v) is 5.09. The third-order valence-electron chi connectivity index (χ3n) is 5.09. The summed E-state index contributed by atoms with van der Waals surface area (Å²) in [5.41, 5.74) is 0.0538. The van der Waals surface area contributed by atoms with Gasteiger partial charge in [-0.15, -0.1) is 24.0 Å². The van der Waals surface area contributed by atoms with Gasteiger partial charge >= 0.3 is 0 Å². The highest BCUT2D eigenvalue weighted by atomic mass is 127. The van der Waals surface area contributed by atoms with Crippen LogP contribution in [-0.4, -0.2) is 64.6 Å². The molecule has 0 radical (unpaired) electrons. The van der Waals surface area contributed by atoms with Gasteiger partial charge in [-0.25, -0.2) is 8.78 Å². The summed E-state index contributed by atoms with van der Waals surface area (Å²) >= 11 is 0. The Kier molecular flexibility index (Phi) is 10.4. The van der Waals surface area contributed by atoms with Crippen molar-refractivity contribution in [2.24, 2.45) is 4.99 Å². The molecule has 1 aromatic rings. The Labute approximate surface area is 188 Å². The Morgan fingerprint density at radius 3 is 2.79 bits per heavy atom. The maximum atomic E-state index is 14.0. The van der Waals surface area contributed by atoms with Crippen LogP contribution in [0, 0.1) is 11.6 Å². The number of para-hydroxylation sites is 1. The van der Waals surface area contributed by atoms with Crippen molar-refractivity contribution >= 4 is 35.6 Å². The van der Waals surface area contributed by atoms with Crippen LogP contribution in [0.4, 0.5) is 14.5 Å². The molecule has 3 rings (SSSR count). The van der Waals surface area contributed by atoms with Gasteiger partial charge in [0.05, 0.1) is 12.7 Å². The van der Waals surface area contributed by atoms with Gasteiger partial charge < -0.3 is 25.0 Å². The van der Waals surface area contributed by atoms with Gasteiger partial charge in [-0.05, 0) is 37.8 Å². The number of nitrogens with zero attached hydrogens (tertiary/aromatic N) is 2. The maximum Gasteiger partial charge on any atom is 0.191 e. The van der Waals surface area contributed by atoms with Gasteiger partial charge in [0.2, 0.25) is 0 Å². The standard InChI is InChI=1S/C20H30F2N4O2.HI/c1-23-20(24-9-4-11-27-14-16-5-3-12-28-16)25-15-8-10-26(13-15)19-17(21)6-2-7-18(19)22;/h2,6-7,15-16H,3-5,8-14H2,1H3,(H2,23,24,25);1H. The molecule has 0 bridgehead atoms. The van der Waals surface area contributed by atoms with Crippen molar-refractivity contribution in [3.63, 3.8) is 0 Å². The monoisotopic (exact) mass is 524 g/mol. The topological polar surface area (TPSA) is 58.1 Å². The minimum atomic E-state index is -0.522. The summed E-state index contributed by atoms with van der Waals surface area (Å²) in [5, 5.41) is 6.59. The average molecular weight is 524 g/mol. The van der Waals surface area contributed by atoms with E-state index < -0.39 is 11.6 Å². The van der Waals surface area contributed by atoms with Gasteiger partial charge in [-0.1, -0.05) is 6.07 Å². The fraction of sp³-hybridized carbons (Fsp3) is 0.650. The van der Waals surface area contributed by atoms with Crippen molar-refractivity contribution in [1.29, 1.82) is 0 Å². The summed E-state index contributed by atoms with van der Waals surface area (Å²) in [6.45, 7) is 4.06. The predicted molar refractivity (Wildman–Crippen MR) is 121 cm³/mol. The van der Waals surface area contributed by atoms with Crippen LogP contribution in [0.1, 0.15) is 25.7 Å². The summed E-state index contributed by atoms with van der Waals surface area (Å²) in [7, 11) is 1.71. The number of ether oxygens (including phenoxy) is 2. The molecule has 9 heteroatoms. The van der Waals surface area contributed by atoms with Crippen LogP contribution in [-0.2, 0) is 9.47 Å². The van der Waals surface area contributed by atoms with Gasteiger partial charge in [0.1, 0.15) is 17.3 Å². The summed E-state index contributed by atoms with van der Waals surface area (Å²) in [4.78, 5) is 5.98. The number of rotatable bonds is 8. The Morgan fingerprint density at radius 1 is 1.31 bits per heavy atom. The largest absolute Gasteiger partial charge is 0.379 e. The fourth-order valence-electron chi connectivity index (χ4n) is 3.63. The van der Waals surface area contributed by atoms with Crippen molar-refractivity contribution in [2.75, 3.05) is 51.4 Å². The molecule has 29 heavy (non-hydrogen) atoms. The number of halogens is 3. The van der Waals surface area contributed by atoms with E-state index in [2.05, 4.69) is 15.6 Å². The van der Waals surface area contributed by atoms with E-state index in [4.69, 9.17) is 9.47 Å². The van der Waals surface area contributed by atoms with Crippen LogP contribution >= 0.6 is 24.0 Å². The van der Waals surface area contributed by atoms with E-state index in [1.165, 1.54) is 18.2 Å². The van der Waals surface area contributed by atoms with E-state index in [0.29, 0.717) is 32.3 Å². The number of benzene rings is 1. The molecular formula is C20H31F2IN4O2. The Hall–Kier alpha value is -1.20. The van der Waals surface area contributed by atoms with E-state index in [0.717, 1.165) is 38.8 Å². The van der Waals surface area contributed by atoms with E-state index >= 15 is 0 Å². The number of guanidine groups is 1. The average Bonchev–Trinajstić information content (AvgIpc) is 3.35. The predicted octanol–water partition coefficient (Wildman–Crippen LogP) is 2.91. The highest BCUT2D eigenvalue weighted by Crippen LogP contribution is 2.26. The van der Waals surface area contributed by atoms with Crippen molar-refractivity contribution in [3.05, 3.63) is 29.8 Å². The fourth-order valence-corrected chi connectivity index (χ4v) is 3.63. The normalized spacial score (nSPS) is 21.9. The molecule has 2 saturated heterocycles. The summed E-state index contributed by atoms with van der Waals surface area (Å²) < 4.78 is 39.1. The van der Waals surface area contributed by atoms with E-state index in [-0.39, 0.29) is 41.8 Å². The number of aliphatic imine (C=N–C) groups is 1. The quantitative estimate of drug-likeness (QED) is 0.237. The van der Waals surface area contributed by atoms with Crippen LogP contribution in [0.15, 0.2) is 23.2 Å². The molecule has 2 heterocycles. The lowest BCUT2D eigenvalue weighted by Gasteiger charge is -2.21. The Balaban J connectivity index is 0.00000300. The molecule has 164 valence electrons. The van der Waals surface area contributed by atoms with Crippen LogP contribution in [0.2, 0.25) is 0 Å².